The van der Waals surface area contributed by atoms with E-state index >= 15 is 0 Å². The third-order valence-electron chi connectivity index (χ3n) is 4.20. The van der Waals surface area contributed by atoms with Crippen LogP contribution in [-0.2, 0) is 9.59 Å². The molecule has 5 heteroatoms. The van der Waals surface area contributed by atoms with E-state index in [4.69, 9.17) is 5.11 Å². The third-order valence-corrected chi connectivity index (χ3v) is 5.35. The summed E-state index contributed by atoms with van der Waals surface area (Å²) in [6, 6.07) is 2.09. The lowest BCUT2D eigenvalue weighted by Gasteiger charge is -2.15. The van der Waals surface area contributed by atoms with Crippen LogP contribution in [0.25, 0.3) is 0 Å². The second-order valence-electron chi connectivity index (χ2n) is 5.52. The summed E-state index contributed by atoms with van der Waals surface area (Å²) in [5.41, 5.74) is 1.27. The molecule has 102 valence electrons. The number of carboxylic acids is 1. The van der Waals surface area contributed by atoms with Crippen molar-refractivity contribution in [3.8, 4) is 0 Å². The van der Waals surface area contributed by atoms with Crippen molar-refractivity contribution in [2.24, 2.45) is 11.8 Å². The summed E-state index contributed by atoms with van der Waals surface area (Å²) in [5, 5.41) is 11.0. The van der Waals surface area contributed by atoms with Gasteiger partial charge in [0.2, 0.25) is 5.91 Å². The average Bonchev–Trinajstić information content (AvgIpc) is 2.82. The van der Waals surface area contributed by atoms with E-state index < -0.39 is 5.97 Å². The highest BCUT2D eigenvalue weighted by Crippen LogP contribution is 2.51. The Morgan fingerprint density at radius 2 is 2.26 bits per heavy atom. The van der Waals surface area contributed by atoms with Gasteiger partial charge in [-0.3, -0.25) is 9.59 Å². The Hall–Kier alpha value is -1.36. The molecule has 3 atom stereocenters. The van der Waals surface area contributed by atoms with Crippen LogP contribution in [0.5, 0.6) is 0 Å². The SMILES string of the molecule is Cc1ccsc1C1CC1C(=O)N1CCC(C(=O)O)C1. The standard InChI is InChI=1S/C14H17NO3S/c1-8-3-5-19-12(8)10-6-11(10)13(16)15-4-2-9(7-15)14(17)18/h3,5,9-11H,2,4,6-7H2,1H3,(H,17,18). The lowest BCUT2D eigenvalue weighted by Crippen LogP contribution is -2.31. The van der Waals surface area contributed by atoms with Gasteiger partial charge in [-0.2, -0.15) is 0 Å². The summed E-state index contributed by atoms with van der Waals surface area (Å²) in [4.78, 5) is 26.3. The number of aryl methyl sites for hydroxylation is 1. The number of carboxylic acid groups (broad SMARTS) is 1. The molecule has 0 bridgehead atoms. The Bertz CT molecular complexity index is 525. The number of hydrogen-bond donors (Lipinski definition) is 1. The summed E-state index contributed by atoms with van der Waals surface area (Å²) < 4.78 is 0. The number of aliphatic carboxylic acids is 1. The zero-order chi connectivity index (χ0) is 13.6. The number of amides is 1. The van der Waals surface area contributed by atoms with Crippen LogP contribution in [0.1, 0.15) is 29.2 Å². The van der Waals surface area contributed by atoms with E-state index in [-0.39, 0.29) is 17.7 Å². The van der Waals surface area contributed by atoms with Crippen molar-refractivity contribution in [2.75, 3.05) is 13.1 Å². The maximum absolute atomic E-state index is 12.3. The lowest BCUT2D eigenvalue weighted by molar-refractivity contribution is -0.141. The van der Waals surface area contributed by atoms with Gasteiger partial charge in [-0.15, -0.1) is 11.3 Å². The fourth-order valence-corrected chi connectivity index (χ4v) is 4.03. The first-order valence-electron chi connectivity index (χ1n) is 6.63. The third kappa shape index (κ3) is 2.27. The molecule has 1 aliphatic carbocycles. The zero-order valence-electron chi connectivity index (χ0n) is 10.8. The second kappa shape index (κ2) is 4.63. The average molecular weight is 279 g/mol. The number of nitrogens with zero attached hydrogens (tertiary/aromatic N) is 1. The van der Waals surface area contributed by atoms with Crippen LogP contribution in [0.3, 0.4) is 0 Å². The van der Waals surface area contributed by atoms with Gasteiger partial charge >= 0.3 is 5.97 Å². The van der Waals surface area contributed by atoms with Crippen molar-refractivity contribution in [1.82, 2.24) is 4.90 Å². The first-order valence-corrected chi connectivity index (χ1v) is 7.51. The topological polar surface area (TPSA) is 57.6 Å². The molecule has 0 radical (unpaired) electrons. The Kier molecular flexibility index (Phi) is 3.09. The van der Waals surface area contributed by atoms with Gasteiger partial charge in [-0.25, -0.2) is 0 Å². The molecule has 2 fully saturated rings. The molecule has 3 unspecified atom stereocenters. The molecule has 0 aromatic carbocycles. The van der Waals surface area contributed by atoms with Gasteiger partial charge in [0.1, 0.15) is 0 Å². The van der Waals surface area contributed by atoms with Crippen LogP contribution in [0.2, 0.25) is 0 Å². The van der Waals surface area contributed by atoms with Gasteiger partial charge in [0.05, 0.1) is 5.92 Å². The first kappa shape index (κ1) is 12.7. The molecular formula is C14H17NO3S. The van der Waals surface area contributed by atoms with Crippen LogP contribution in [0, 0.1) is 18.8 Å². The first-order chi connectivity index (χ1) is 9.08. The molecule has 3 rings (SSSR count). The van der Waals surface area contributed by atoms with Crippen molar-refractivity contribution < 1.29 is 14.7 Å². The summed E-state index contributed by atoms with van der Waals surface area (Å²) in [5.74, 6) is -0.538. The molecule has 2 aliphatic rings. The number of carbonyl (C=O) groups excluding carboxylic acids is 1. The molecule has 1 N–H and O–H groups in total. The van der Waals surface area contributed by atoms with Gasteiger partial charge in [0.15, 0.2) is 0 Å². The second-order valence-corrected chi connectivity index (χ2v) is 6.47. The minimum Gasteiger partial charge on any atom is -0.481 e. The molecule has 19 heavy (non-hydrogen) atoms. The van der Waals surface area contributed by atoms with Crippen molar-refractivity contribution >= 4 is 23.2 Å². The molecule has 1 saturated heterocycles. The van der Waals surface area contributed by atoms with E-state index in [2.05, 4.69) is 18.4 Å². The number of carbonyl (C=O) groups is 2. The summed E-state index contributed by atoms with van der Waals surface area (Å²) in [6.45, 7) is 3.07. The molecular weight excluding hydrogens is 262 g/mol. The quantitative estimate of drug-likeness (QED) is 0.921. The van der Waals surface area contributed by atoms with Gasteiger partial charge in [-0.1, -0.05) is 0 Å². The van der Waals surface area contributed by atoms with E-state index in [1.54, 1.807) is 16.2 Å². The van der Waals surface area contributed by atoms with Crippen LogP contribution in [-0.4, -0.2) is 35.0 Å². The summed E-state index contributed by atoms with van der Waals surface area (Å²) in [6.07, 6.45) is 1.52. The molecule has 1 saturated carbocycles. The van der Waals surface area contributed by atoms with Gasteiger partial charge in [0, 0.05) is 29.8 Å². The normalized spacial score (nSPS) is 29.5. The predicted molar refractivity (Wildman–Crippen MR) is 72.2 cm³/mol. The Morgan fingerprint density at radius 3 is 2.84 bits per heavy atom. The minimum absolute atomic E-state index is 0.0879. The van der Waals surface area contributed by atoms with E-state index in [0.717, 1.165) is 6.42 Å². The molecule has 1 amide bonds. The number of rotatable bonds is 3. The monoisotopic (exact) mass is 279 g/mol. The Balaban J connectivity index is 1.62. The van der Waals surface area contributed by atoms with E-state index in [1.165, 1.54) is 10.4 Å². The van der Waals surface area contributed by atoms with Gasteiger partial charge in [0.25, 0.3) is 0 Å². The van der Waals surface area contributed by atoms with E-state index in [1.807, 2.05) is 0 Å². The van der Waals surface area contributed by atoms with Crippen LogP contribution in [0.4, 0.5) is 0 Å². The molecule has 2 heterocycles. The van der Waals surface area contributed by atoms with Crippen LogP contribution < -0.4 is 0 Å². The molecule has 1 aliphatic heterocycles. The van der Waals surface area contributed by atoms with E-state index in [0.29, 0.717) is 25.4 Å². The molecule has 1 aromatic rings. The maximum atomic E-state index is 12.3. The van der Waals surface area contributed by atoms with Crippen molar-refractivity contribution in [3.63, 3.8) is 0 Å². The fourth-order valence-electron chi connectivity index (χ4n) is 2.92. The highest BCUT2D eigenvalue weighted by Gasteiger charge is 2.48. The summed E-state index contributed by atoms with van der Waals surface area (Å²) >= 11 is 1.72. The van der Waals surface area contributed by atoms with Crippen LogP contribution >= 0.6 is 11.3 Å². The number of likely N-dealkylation sites (tertiary alicyclic amines) is 1. The summed E-state index contributed by atoms with van der Waals surface area (Å²) in [7, 11) is 0. The van der Waals surface area contributed by atoms with Gasteiger partial charge < -0.3 is 10.0 Å². The number of thiophene rings is 1. The zero-order valence-corrected chi connectivity index (χ0v) is 11.7. The molecule has 4 nitrogen and oxygen atoms in total. The van der Waals surface area contributed by atoms with Crippen molar-refractivity contribution in [3.05, 3.63) is 21.9 Å². The number of hydrogen-bond acceptors (Lipinski definition) is 3. The van der Waals surface area contributed by atoms with E-state index in [9.17, 15) is 9.59 Å². The molecule has 0 spiro atoms. The Morgan fingerprint density at radius 1 is 1.47 bits per heavy atom. The predicted octanol–water partition coefficient (Wildman–Crippen LogP) is 2.09. The van der Waals surface area contributed by atoms with Crippen molar-refractivity contribution in [2.45, 2.75) is 25.7 Å². The maximum Gasteiger partial charge on any atom is 0.308 e. The smallest absolute Gasteiger partial charge is 0.308 e. The van der Waals surface area contributed by atoms with Crippen LogP contribution in [0.15, 0.2) is 11.4 Å². The lowest BCUT2D eigenvalue weighted by atomic mass is 10.1. The highest BCUT2D eigenvalue weighted by atomic mass is 32.1. The minimum atomic E-state index is -0.781. The molecule has 1 aromatic heterocycles. The van der Waals surface area contributed by atoms with Gasteiger partial charge in [-0.05, 0) is 36.8 Å². The largest absolute Gasteiger partial charge is 0.481 e. The Labute approximate surface area is 116 Å². The van der Waals surface area contributed by atoms with Crippen molar-refractivity contribution in [1.29, 1.82) is 0 Å². The highest BCUT2D eigenvalue weighted by molar-refractivity contribution is 7.10. The fraction of sp³-hybridized carbons (Fsp3) is 0.571.